The fourth-order valence-corrected chi connectivity index (χ4v) is 2.13. The number of carbonyl (C=O) groups excluding carboxylic acids is 1. The summed E-state index contributed by atoms with van der Waals surface area (Å²) in [4.78, 5) is 14.1. The monoisotopic (exact) mass is 266 g/mol. The minimum atomic E-state index is -0.0726. The van der Waals surface area contributed by atoms with E-state index in [1.165, 1.54) is 0 Å². The lowest BCUT2D eigenvalue weighted by molar-refractivity contribution is 0.207. The molecule has 5 heteroatoms. The number of hydrogen-bond donors (Lipinski definition) is 2. The molecule has 0 atom stereocenters. The molecular weight excluding hydrogens is 248 g/mol. The number of nitrogens with one attached hydrogen (secondary N) is 1. The van der Waals surface area contributed by atoms with Gasteiger partial charge in [-0.2, -0.15) is 0 Å². The first-order valence-corrected chi connectivity index (χ1v) is 6.71. The Morgan fingerprint density at radius 2 is 2.39 bits per heavy atom. The Kier molecular flexibility index (Phi) is 6.26. The van der Waals surface area contributed by atoms with Crippen molar-refractivity contribution in [3.63, 3.8) is 0 Å². The van der Waals surface area contributed by atoms with E-state index in [-0.39, 0.29) is 12.6 Å². The number of aliphatic hydroxyl groups excluding tert-OH is 1. The molecular formula is C13H18N2O2S. The van der Waals surface area contributed by atoms with Crippen molar-refractivity contribution in [3.05, 3.63) is 21.9 Å². The van der Waals surface area contributed by atoms with Gasteiger partial charge in [-0.05, 0) is 23.9 Å². The smallest absolute Gasteiger partial charge is 0.317 e. The molecule has 1 heterocycles. The number of hydrogen-bond acceptors (Lipinski definition) is 3. The van der Waals surface area contributed by atoms with Gasteiger partial charge in [0, 0.05) is 26.6 Å². The van der Waals surface area contributed by atoms with Crippen LogP contribution in [0.15, 0.2) is 11.4 Å². The van der Waals surface area contributed by atoms with Crippen molar-refractivity contribution in [1.82, 2.24) is 10.2 Å². The maximum absolute atomic E-state index is 11.5. The summed E-state index contributed by atoms with van der Waals surface area (Å²) in [6, 6.07) is 1.90. The standard InChI is InChI=1S/C13H18N2O2S/c1-3-14-13(17)15(2)9-11-8-12(18-10-11)6-4-5-7-16/h8,10,16H,3,5,7,9H2,1-2H3,(H,14,17). The van der Waals surface area contributed by atoms with E-state index in [1.807, 2.05) is 18.4 Å². The van der Waals surface area contributed by atoms with Crippen molar-refractivity contribution in [2.45, 2.75) is 19.9 Å². The minimum absolute atomic E-state index is 0.0726. The molecule has 98 valence electrons. The Hall–Kier alpha value is -1.51. The van der Waals surface area contributed by atoms with Crippen LogP contribution >= 0.6 is 11.3 Å². The number of thiophene rings is 1. The molecule has 2 N–H and O–H groups in total. The van der Waals surface area contributed by atoms with E-state index < -0.39 is 0 Å². The number of carbonyl (C=O) groups is 1. The van der Waals surface area contributed by atoms with Crippen molar-refractivity contribution in [3.8, 4) is 11.8 Å². The van der Waals surface area contributed by atoms with E-state index in [1.54, 1.807) is 23.3 Å². The lowest BCUT2D eigenvalue weighted by atomic mass is 10.3. The first-order chi connectivity index (χ1) is 8.67. The van der Waals surface area contributed by atoms with Crippen LogP contribution in [0.2, 0.25) is 0 Å². The van der Waals surface area contributed by atoms with E-state index in [0.717, 1.165) is 10.4 Å². The zero-order valence-electron chi connectivity index (χ0n) is 10.7. The third-order valence-corrected chi connectivity index (χ3v) is 3.09. The van der Waals surface area contributed by atoms with Gasteiger partial charge in [-0.3, -0.25) is 0 Å². The molecule has 0 aromatic carbocycles. The number of nitrogens with zero attached hydrogens (tertiary/aromatic N) is 1. The van der Waals surface area contributed by atoms with Crippen LogP contribution in [0.4, 0.5) is 4.79 Å². The fourth-order valence-electron chi connectivity index (χ4n) is 1.36. The minimum Gasteiger partial charge on any atom is -0.395 e. The van der Waals surface area contributed by atoms with Crippen LogP contribution in [0.3, 0.4) is 0 Å². The van der Waals surface area contributed by atoms with Gasteiger partial charge >= 0.3 is 6.03 Å². The molecule has 0 aliphatic carbocycles. The summed E-state index contributed by atoms with van der Waals surface area (Å²) < 4.78 is 0. The Labute approximate surface area is 112 Å². The van der Waals surface area contributed by atoms with Gasteiger partial charge in [0.15, 0.2) is 0 Å². The van der Waals surface area contributed by atoms with Gasteiger partial charge in [0.25, 0.3) is 0 Å². The van der Waals surface area contributed by atoms with E-state index >= 15 is 0 Å². The average molecular weight is 266 g/mol. The van der Waals surface area contributed by atoms with Gasteiger partial charge in [0.05, 0.1) is 11.5 Å². The molecule has 1 rings (SSSR count). The average Bonchev–Trinajstić information content (AvgIpc) is 2.77. The summed E-state index contributed by atoms with van der Waals surface area (Å²) >= 11 is 1.55. The molecule has 0 aliphatic heterocycles. The van der Waals surface area contributed by atoms with Gasteiger partial charge in [0.1, 0.15) is 0 Å². The number of rotatable bonds is 4. The first-order valence-electron chi connectivity index (χ1n) is 5.83. The summed E-state index contributed by atoms with van der Waals surface area (Å²) in [5, 5.41) is 13.4. The fraction of sp³-hybridized carbons (Fsp3) is 0.462. The van der Waals surface area contributed by atoms with Crippen LogP contribution in [0.25, 0.3) is 0 Å². The van der Waals surface area contributed by atoms with Crippen LogP contribution < -0.4 is 5.32 Å². The zero-order valence-corrected chi connectivity index (χ0v) is 11.5. The molecule has 0 radical (unpaired) electrons. The van der Waals surface area contributed by atoms with Crippen LogP contribution in [0.5, 0.6) is 0 Å². The van der Waals surface area contributed by atoms with Gasteiger partial charge in [0.2, 0.25) is 0 Å². The zero-order chi connectivity index (χ0) is 13.4. The highest BCUT2D eigenvalue weighted by atomic mass is 32.1. The quantitative estimate of drug-likeness (QED) is 0.814. The lowest BCUT2D eigenvalue weighted by Gasteiger charge is -2.16. The number of urea groups is 1. The second kappa shape index (κ2) is 7.75. The van der Waals surface area contributed by atoms with E-state index in [0.29, 0.717) is 19.5 Å². The third kappa shape index (κ3) is 4.78. The topological polar surface area (TPSA) is 52.6 Å². The predicted octanol–water partition coefficient (Wildman–Crippen LogP) is 1.64. The molecule has 0 unspecified atom stereocenters. The molecule has 0 aliphatic rings. The van der Waals surface area contributed by atoms with E-state index in [9.17, 15) is 4.79 Å². The van der Waals surface area contributed by atoms with E-state index in [4.69, 9.17) is 5.11 Å². The Morgan fingerprint density at radius 1 is 1.61 bits per heavy atom. The highest BCUT2D eigenvalue weighted by molar-refractivity contribution is 7.10. The van der Waals surface area contributed by atoms with Crippen molar-refractivity contribution in [1.29, 1.82) is 0 Å². The first kappa shape index (κ1) is 14.6. The molecule has 1 aromatic heterocycles. The highest BCUT2D eigenvalue weighted by Crippen LogP contribution is 2.15. The van der Waals surface area contributed by atoms with Crippen LogP contribution in [0.1, 0.15) is 23.8 Å². The molecule has 2 amide bonds. The van der Waals surface area contributed by atoms with Crippen molar-refractivity contribution >= 4 is 17.4 Å². The normalized spacial score (nSPS) is 9.50. The van der Waals surface area contributed by atoms with Crippen molar-refractivity contribution in [2.24, 2.45) is 0 Å². The van der Waals surface area contributed by atoms with Crippen molar-refractivity contribution in [2.75, 3.05) is 20.2 Å². The molecule has 4 nitrogen and oxygen atoms in total. The molecule has 0 saturated carbocycles. The van der Waals surface area contributed by atoms with Gasteiger partial charge in [-0.1, -0.05) is 11.8 Å². The lowest BCUT2D eigenvalue weighted by Crippen LogP contribution is -2.36. The predicted molar refractivity (Wildman–Crippen MR) is 73.4 cm³/mol. The third-order valence-electron chi connectivity index (χ3n) is 2.20. The Bertz CT molecular complexity index is 445. The Balaban J connectivity index is 2.54. The van der Waals surface area contributed by atoms with Crippen LogP contribution in [-0.2, 0) is 6.54 Å². The number of aliphatic hydroxyl groups is 1. The summed E-state index contributed by atoms with van der Waals surface area (Å²) in [6.07, 6.45) is 0.492. The van der Waals surface area contributed by atoms with Gasteiger partial charge in [-0.25, -0.2) is 4.79 Å². The molecule has 0 saturated heterocycles. The molecule has 0 bridgehead atoms. The Morgan fingerprint density at radius 3 is 3.06 bits per heavy atom. The second-order valence-electron chi connectivity index (χ2n) is 3.79. The van der Waals surface area contributed by atoms with Crippen LogP contribution in [-0.4, -0.2) is 36.2 Å². The molecule has 1 aromatic rings. The maximum atomic E-state index is 11.5. The molecule has 0 fully saturated rings. The summed E-state index contributed by atoms with van der Waals surface area (Å²) in [7, 11) is 1.76. The number of amides is 2. The van der Waals surface area contributed by atoms with Crippen LogP contribution in [0, 0.1) is 11.8 Å². The summed E-state index contributed by atoms with van der Waals surface area (Å²) in [6.45, 7) is 3.19. The highest BCUT2D eigenvalue weighted by Gasteiger charge is 2.08. The largest absolute Gasteiger partial charge is 0.395 e. The molecule has 18 heavy (non-hydrogen) atoms. The molecule has 0 spiro atoms. The van der Waals surface area contributed by atoms with Crippen molar-refractivity contribution < 1.29 is 9.90 Å². The summed E-state index contributed by atoms with van der Waals surface area (Å²) in [5.41, 5.74) is 1.07. The SMILES string of the molecule is CCNC(=O)N(C)Cc1csc(C#CCCO)c1. The van der Waals surface area contributed by atoms with Gasteiger partial charge < -0.3 is 15.3 Å². The second-order valence-corrected chi connectivity index (χ2v) is 4.70. The maximum Gasteiger partial charge on any atom is 0.317 e. The van der Waals surface area contributed by atoms with E-state index in [2.05, 4.69) is 17.2 Å². The summed E-state index contributed by atoms with van der Waals surface area (Å²) in [5.74, 6) is 5.86. The van der Waals surface area contributed by atoms with Gasteiger partial charge in [-0.15, -0.1) is 11.3 Å².